The third kappa shape index (κ3) is 25.8. The molecule has 0 amide bonds. The highest BCUT2D eigenvalue weighted by atomic mass is 28.4. The number of ether oxygens (including phenoxy) is 9. The molecule has 0 N–H and O–H groups in total. The number of benzene rings is 2. The molecule has 0 saturated heterocycles. The summed E-state index contributed by atoms with van der Waals surface area (Å²) in [6.45, 7) is 19.6. The van der Waals surface area contributed by atoms with Gasteiger partial charge in [-0.1, -0.05) is 153 Å². The van der Waals surface area contributed by atoms with Crippen LogP contribution in [0.3, 0.4) is 0 Å². The molecule has 0 unspecified atom stereocenters. The minimum Gasteiger partial charge on any atom is -0.405 e. The lowest BCUT2D eigenvalue weighted by Gasteiger charge is -2.43. The first-order chi connectivity index (χ1) is 28.5. The molecule has 0 fully saturated rings. The van der Waals surface area contributed by atoms with E-state index < -0.39 is 8.32 Å². The van der Waals surface area contributed by atoms with Crippen molar-refractivity contribution in [3.05, 3.63) is 60.7 Å². The molecule has 0 bridgehead atoms. The second kappa shape index (κ2) is 37.1. The number of hydrogen-bond acceptors (Lipinski definition) is 10. The van der Waals surface area contributed by atoms with Gasteiger partial charge in [0.2, 0.25) is 0 Å². The molecule has 11 heteroatoms. The monoisotopic (exact) mass is 835 g/mol. The quantitative estimate of drug-likeness (QED) is 0.0484. The zero-order chi connectivity index (χ0) is 41.5. The van der Waals surface area contributed by atoms with E-state index in [4.69, 9.17) is 47.1 Å². The molecule has 2 aromatic rings. The smallest absolute Gasteiger partial charge is 0.261 e. The van der Waals surface area contributed by atoms with Crippen LogP contribution in [0.1, 0.15) is 98.3 Å². The minimum atomic E-state index is -2.54. The van der Waals surface area contributed by atoms with E-state index in [2.05, 4.69) is 88.4 Å². The summed E-state index contributed by atoms with van der Waals surface area (Å²) in [5.74, 6) is 0. The Balaban J connectivity index is 1.26. The molecule has 0 aliphatic carbocycles. The molecule has 0 heterocycles. The van der Waals surface area contributed by atoms with Crippen molar-refractivity contribution in [2.24, 2.45) is 0 Å². The van der Waals surface area contributed by atoms with E-state index in [0.717, 1.165) is 13.0 Å². The zero-order valence-electron chi connectivity index (χ0n) is 37.1. The van der Waals surface area contributed by atoms with Gasteiger partial charge < -0.3 is 47.1 Å². The molecule has 334 valence electrons. The average Bonchev–Trinajstić information content (AvgIpc) is 3.23. The molecule has 0 saturated carbocycles. The Kier molecular flexibility index (Phi) is 33.5. The third-order valence-corrected chi connectivity index (χ3v) is 14.9. The highest BCUT2D eigenvalue weighted by Gasteiger charge is 2.50. The van der Waals surface area contributed by atoms with Crippen LogP contribution in [0.15, 0.2) is 60.7 Å². The molecule has 0 radical (unpaired) electrons. The van der Waals surface area contributed by atoms with Gasteiger partial charge in [-0.05, 0) is 21.8 Å². The molecule has 2 rings (SSSR count). The summed E-state index contributed by atoms with van der Waals surface area (Å²) in [7, 11) is -2.54. The van der Waals surface area contributed by atoms with E-state index in [9.17, 15) is 0 Å². The highest BCUT2D eigenvalue weighted by Crippen LogP contribution is 2.36. The predicted molar refractivity (Wildman–Crippen MR) is 237 cm³/mol. The van der Waals surface area contributed by atoms with Gasteiger partial charge in [-0.25, -0.2) is 0 Å². The summed E-state index contributed by atoms with van der Waals surface area (Å²) in [5.41, 5.74) is 0. The van der Waals surface area contributed by atoms with Crippen LogP contribution >= 0.6 is 0 Å². The molecular formula is C47H82O10Si. The lowest BCUT2D eigenvalue weighted by molar-refractivity contribution is -0.0254. The molecule has 58 heavy (non-hydrogen) atoms. The minimum absolute atomic E-state index is 0.0530. The Bertz CT molecular complexity index is 1100. The SMILES string of the molecule is CCCCCCCCCCCCCOCCOCCOCCOCCOCCOCCOCCOCCOCCO[Si](c1ccccc1)(c1ccccc1)C(C)(C)C. The molecule has 0 atom stereocenters. The largest absolute Gasteiger partial charge is 0.405 e. The Hall–Kier alpha value is -1.74. The highest BCUT2D eigenvalue weighted by molar-refractivity contribution is 6.99. The first-order valence-corrected chi connectivity index (χ1v) is 24.4. The van der Waals surface area contributed by atoms with Crippen LogP contribution in [0.4, 0.5) is 0 Å². The van der Waals surface area contributed by atoms with Gasteiger partial charge in [0.05, 0.1) is 119 Å². The molecule has 0 aliphatic heterocycles. The second-order valence-corrected chi connectivity index (χ2v) is 19.9. The van der Waals surface area contributed by atoms with Crippen molar-refractivity contribution in [1.29, 1.82) is 0 Å². The lowest BCUT2D eigenvalue weighted by atomic mass is 10.1. The molecule has 10 nitrogen and oxygen atoms in total. The van der Waals surface area contributed by atoms with E-state index in [-0.39, 0.29) is 5.04 Å². The summed E-state index contributed by atoms with van der Waals surface area (Å²) in [5, 5.41) is 2.49. The van der Waals surface area contributed by atoms with Crippen LogP contribution < -0.4 is 10.4 Å². The number of rotatable bonds is 42. The summed E-state index contributed by atoms with van der Waals surface area (Å²) in [6, 6.07) is 21.3. The predicted octanol–water partition coefficient (Wildman–Crippen LogP) is 8.02. The van der Waals surface area contributed by atoms with E-state index >= 15 is 0 Å². The zero-order valence-corrected chi connectivity index (χ0v) is 38.1. The van der Waals surface area contributed by atoms with E-state index in [0.29, 0.717) is 119 Å². The summed E-state index contributed by atoms with van der Waals surface area (Å²) in [4.78, 5) is 0. The van der Waals surface area contributed by atoms with Gasteiger partial charge in [-0.15, -0.1) is 0 Å². The van der Waals surface area contributed by atoms with Crippen molar-refractivity contribution < 1.29 is 47.1 Å². The first-order valence-electron chi connectivity index (χ1n) is 22.5. The maximum absolute atomic E-state index is 6.86. The lowest BCUT2D eigenvalue weighted by Crippen LogP contribution is -2.66. The topological polar surface area (TPSA) is 92.3 Å². The van der Waals surface area contributed by atoms with Gasteiger partial charge in [0.1, 0.15) is 0 Å². The van der Waals surface area contributed by atoms with Gasteiger partial charge in [-0.3, -0.25) is 0 Å². The van der Waals surface area contributed by atoms with Gasteiger partial charge >= 0.3 is 0 Å². The van der Waals surface area contributed by atoms with Gasteiger partial charge in [0.15, 0.2) is 0 Å². The Morgan fingerprint density at radius 1 is 0.328 bits per heavy atom. The fourth-order valence-electron chi connectivity index (χ4n) is 6.74. The maximum Gasteiger partial charge on any atom is 0.261 e. The normalized spacial score (nSPS) is 12.1. The molecule has 2 aromatic carbocycles. The van der Waals surface area contributed by atoms with Crippen molar-refractivity contribution in [3.63, 3.8) is 0 Å². The summed E-state index contributed by atoms with van der Waals surface area (Å²) >= 11 is 0. The first kappa shape index (κ1) is 52.4. The van der Waals surface area contributed by atoms with Crippen molar-refractivity contribution in [2.75, 3.05) is 126 Å². The van der Waals surface area contributed by atoms with E-state index in [1.54, 1.807) is 0 Å². The summed E-state index contributed by atoms with van der Waals surface area (Å²) < 4.78 is 57.5. The number of hydrogen-bond donors (Lipinski definition) is 0. The van der Waals surface area contributed by atoms with E-state index in [1.807, 2.05) is 0 Å². The molecule has 0 aromatic heterocycles. The Morgan fingerprint density at radius 3 is 0.879 bits per heavy atom. The van der Waals surface area contributed by atoms with E-state index in [1.165, 1.54) is 74.6 Å². The van der Waals surface area contributed by atoms with Crippen molar-refractivity contribution in [3.8, 4) is 0 Å². The van der Waals surface area contributed by atoms with Crippen LogP contribution in [-0.2, 0) is 47.1 Å². The maximum atomic E-state index is 6.86. The fraction of sp³-hybridized carbons (Fsp3) is 0.745. The Labute approximate surface area is 354 Å². The molecular weight excluding hydrogens is 753 g/mol. The summed E-state index contributed by atoms with van der Waals surface area (Å²) in [6.07, 6.45) is 14.9. The number of unbranched alkanes of at least 4 members (excludes halogenated alkanes) is 10. The van der Waals surface area contributed by atoms with Gasteiger partial charge in [-0.2, -0.15) is 0 Å². The standard InChI is InChI=1S/C47H82O10Si/c1-5-6-7-8-9-10-11-12-13-14-21-26-48-27-28-49-29-30-50-31-32-51-33-34-52-35-36-53-37-38-54-39-40-55-41-42-56-43-44-57-58(47(2,3)4,45-22-17-15-18-23-45)46-24-19-16-20-25-46/h15-20,22-25H,5-14,21,26-44H2,1-4H3. The molecule has 0 spiro atoms. The third-order valence-electron chi connectivity index (χ3n) is 9.83. The fourth-order valence-corrected chi connectivity index (χ4v) is 11.3. The van der Waals surface area contributed by atoms with Gasteiger partial charge in [0.25, 0.3) is 8.32 Å². The average molecular weight is 835 g/mol. The van der Waals surface area contributed by atoms with Crippen LogP contribution in [0.2, 0.25) is 5.04 Å². The van der Waals surface area contributed by atoms with Crippen LogP contribution in [0.25, 0.3) is 0 Å². The van der Waals surface area contributed by atoms with Crippen molar-refractivity contribution in [1.82, 2.24) is 0 Å². The second-order valence-electron chi connectivity index (χ2n) is 15.6. The van der Waals surface area contributed by atoms with Gasteiger partial charge in [0, 0.05) is 6.61 Å². The van der Waals surface area contributed by atoms with Crippen molar-refractivity contribution in [2.45, 2.75) is 103 Å². The van der Waals surface area contributed by atoms with Crippen molar-refractivity contribution >= 4 is 18.7 Å². The molecule has 0 aliphatic rings. The van der Waals surface area contributed by atoms with Crippen LogP contribution in [-0.4, -0.2) is 134 Å². The Morgan fingerprint density at radius 2 is 0.586 bits per heavy atom. The van der Waals surface area contributed by atoms with Crippen LogP contribution in [0, 0.1) is 0 Å². The van der Waals surface area contributed by atoms with Crippen LogP contribution in [0.5, 0.6) is 0 Å².